The fourth-order valence-electron chi connectivity index (χ4n) is 4.30. The molecule has 34 heavy (non-hydrogen) atoms. The molecular formula is C25H28ClN5O3. The molecule has 1 aliphatic rings. The highest BCUT2D eigenvalue weighted by Gasteiger charge is 2.31. The Hall–Kier alpha value is -3.39. The van der Waals surface area contributed by atoms with E-state index < -0.39 is 0 Å². The Balaban J connectivity index is 1.47. The topological polar surface area (TPSA) is 98.4 Å². The molecule has 1 aliphatic heterocycles. The summed E-state index contributed by atoms with van der Waals surface area (Å²) in [6, 6.07) is 14.0. The number of hydrogen-bond acceptors (Lipinski definition) is 4. The van der Waals surface area contributed by atoms with Crippen molar-refractivity contribution in [1.29, 1.82) is 0 Å². The number of carbonyl (C=O) groups excluding carboxylic acids is 2. The summed E-state index contributed by atoms with van der Waals surface area (Å²) >= 11 is 6.07. The number of nitrogens with one attached hydrogen (secondary N) is 2. The van der Waals surface area contributed by atoms with Gasteiger partial charge in [-0.3, -0.25) is 9.59 Å². The molecule has 0 saturated carbocycles. The summed E-state index contributed by atoms with van der Waals surface area (Å²) in [5, 5.41) is 3.84. The number of rotatable bonds is 6. The third-order valence-electron chi connectivity index (χ3n) is 5.95. The van der Waals surface area contributed by atoms with Gasteiger partial charge in [-0.1, -0.05) is 36.7 Å². The summed E-state index contributed by atoms with van der Waals surface area (Å²) in [5.74, 6) is 0.0763. The van der Waals surface area contributed by atoms with Gasteiger partial charge in [-0.15, -0.1) is 0 Å². The molecule has 2 aromatic carbocycles. The second kappa shape index (κ2) is 10.7. The van der Waals surface area contributed by atoms with E-state index in [1.54, 1.807) is 28.0 Å². The van der Waals surface area contributed by atoms with Gasteiger partial charge in [0, 0.05) is 30.3 Å². The molecule has 0 aliphatic carbocycles. The van der Waals surface area contributed by atoms with Crippen LogP contribution in [0.2, 0.25) is 5.02 Å². The Morgan fingerprint density at radius 3 is 2.79 bits per heavy atom. The maximum absolute atomic E-state index is 13.4. The number of para-hydroxylation sites is 1. The summed E-state index contributed by atoms with van der Waals surface area (Å²) in [7, 11) is 0. The third kappa shape index (κ3) is 5.56. The number of H-pyrrole nitrogens is 1. The van der Waals surface area contributed by atoms with Crippen LogP contribution >= 0.6 is 11.6 Å². The average molecular weight is 482 g/mol. The summed E-state index contributed by atoms with van der Waals surface area (Å²) in [5.41, 5.74) is 0.957. The number of anilines is 1. The number of urea groups is 1. The lowest BCUT2D eigenvalue weighted by Crippen LogP contribution is -2.48. The van der Waals surface area contributed by atoms with Gasteiger partial charge in [0.1, 0.15) is 5.82 Å². The highest BCUT2D eigenvalue weighted by molar-refractivity contribution is 6.31. The van der Waals surface area contributed by atoms with Gasteiger partial charge < -0.3 is 20.1 Å². The van der Waals surface area contributed by atoms with Crippen molar-refractivity contribution < 1.29 is 9.59 Å². The minimum atomic E-state index is -0.302. The molecule has 2 N–H and O–H groups in total. The highest BCUT2D eigenvalue weighted by Crippen LogP contribution is 2.21. The Morgan fingerprint density at radius 1 is 1.24 bits per heavy atom. The summed E-state index contributed by atoms with van der Waals surface area (Å²) in [6.07, 6.45) is 2.23. The molecule has 178 valence electrons. The lowest BCUT2D eigenvalue weighted by Gasteiger charge is -2.35. The quantitative estimate of drug-likeness (QED) is 0.549. The van der Waals surface area contributed by atoms with Crippen molar-refractivity contribution in [2.24, 2.45) is 5.92 Å². The first-order valence-corrected chi connectivity index (χ1v) is 11.9. The van der Waals surface area contributed by atoms with Crippen LogP contribution in [-0.4, -0.2) is 51.3 Å². The summed E-state index contributed by atoms with van der Waals surface area (Å²) < 4.78 is 0. The Labute approximate surface area is 202 Å². The zero-order chi connectivity index (χ0) is 24.1. The molecule has 3 amide bonds. The fourth-order valence-corrected chi connectivity index (χ4v) is 4.47. The predicted octanol–water partition coefficient (Wildman–Crippen LogP) is 4.26. The predicted molar refractivity (Wildman–Crippen MR) is 133 cm³/mol. The number of fused-ring (bicyclic) bond motifs is 1. The van der Waals surface area contributed by atoms with Gasteiger partial charge in [0.15, 0.2) is 0 Å². The molecule has 2 heterocycles. The van der Waals surface area contributed by atoms with Crippen molar-refractivity contribution in [3.05, 3.63) is 69.7 Å². The fraction of sp³-hybridized carbons (Fsp3) is 0.360. The van der Waals surface area contributed by atoms with Crippen molar-refractivity contribution in [3.8, 4) is 0 Å². The molecule has 0 bridgehead atoms. The maximum atomic E-state index is 13.4. The van der Waals surface area contributed by atoms with Gasteiger partial charge in [-0.2, -0.15) is 0 Å². The van der Waals surface area contributed by atoms with E-state index in [0.717, 1.165) is 18.5 Å². The van der Waals surface area contributed by atoms with Gasteiger partial charge in [0.25, 0.3) is 5.56 Å². The van der Waals surface area contributed by atoms with E-state index in [9.17, 15) is 14.4 Å². The number of amides is 3. The maximum Gasteiger partial charge on any atom is 0.321 e. The van der Waals surface area contributed by atoms with Gasteiger partial charge in [0.05, 0.1) is 23.4 Å². The zero-order valence-corrected chi connectivity index (χ0v) is 19.8. The molecule has 3 aromatic rings. The molecule has 1 fully saturated rings. The number of benzene rings is 2. The SMILES string of the molecule is CCCN(Cc1nc2cc(Cl)ccc2c(=O)[nH]1)C(=O)C1CCCN(C(=O)Nc2ccccc2)C1. The van der Waals surface area contributed by atoms with E-state index in [4.69, 9.17) is 11.6 Å². The van der Waals surface area contributed by atoms with Crippen LogP contribution in [0.4, 0.5) is 10.5 Å². The van der Waals surface area contributed by atoms with E-state index in [0.29, 0.717) is 47.8 Å². The lowest BCUT2D eigenvalue weighted by molar-refractivity contribution is -0.137. The second-order valence-corrected chi connectivity index (χ2v) is 8.95. The summed E-state index contributed by atoms with van der Waals surface area (Å²) in [6.45, 7) is 3.68. The van der Waals surface area contributed by atoms with Crippen molar-refractivity contribution in [3.63, 3.8) is 0 Å². The number of carbonyl (C=O) groups is 2. The molecule has 1 aromatic heterocycles. The Bertz CT molecular complexity index is 1230. The monoisotopic (exact) mass is 481 g/mol. The number of aromatic nitrogens is 2. The summed E-state index contributed by atoms with van der Waals surface area (Å²) in [4.78, 5) is 49.4. The average Bonchev–Trinajstić information content (AvgIpc) is 2.84. The molecule has 0 radical (unpaired) electrons. The standard InChI is InChI=1S/C25H28ClN5O3/c1-2-12-30(16-22-28-21-14-18(26)10-11-20(21)23(32)29-22)24(33)17-7-6-13-31(15-17)25(34)27-19-8-4-3-5-9-19/h3-5,8-11,14,17H,2,6-7,12-13,15-16H2,1H3,(H,27,34)(H,28,29,32). The Morgan fingerprint density at radius 2 is 2.03 bits per heavy atom. The van der Waals surface area contributed by atoms with E-state index in [1.165, 1.54) is 0 Å². The Kier molecular flexibility index (Phi) is 7.47. The van der Waals surface area contributed by atoms with Crippen molar-refractivity contribution in [1.82, 2.24) is 19.8 Å². The molecule has 1 saturated heterocycles. The van der Waals surface area contributed by atoms with Crippen molar-refractivity contribution in [2.45, 2.75) is 32.7 Å². The molecule has 1 unspecified atom stereocenters. The van der Waals surface area contributed by atoms with E-state index in [1.807, 2.05) is 37.3 Å². The molecule has 9 heteroatoms. The van der Waals surface area contributed by atoms with E-state index in [-0.39, 0.29) is 30.0 Å². The van der Waals surface area contributed by atoms with Crippen LogP contribution in [0.15, 0.2) is 53.3 Å². The van der Waals surface area contributed by atoms with Gasteiger partial charge in [-0.25, -0.2) is 9.78 Å². The number of halogens is 1. The normalized spacial score (nSPS) is 15.8. The molecule has 8 nitrogen and oxygen atoms in total. The first-order valence-electron chi connectivity index (χ1n) is 11.5. The first-order chi connectivity index (χ1) is 16.4. The highest BCUT2D eigenvalue weighted by atomic mass is 35.5. The van der Waals surface area contributed by atoms with Crippen LogP contribution in [0, 0.1) is 5.92 Å². The van der Waals surface area contributed by atoms with Crippen molar-refractivity contribution in [2.75, 3.05) is 25.0 Å². The molecule has 0 spiro atoms. The van der Waals surface area contributed by atoms with Crippen LogP contribution < -0.4 is 10.9 Å². The number of nitrogens with zero attached hydrogens (tertiary/aromatic N) is 3. The largest absolute Gasteiger partial charge is 0.335 e. The zero-order valence-electron chi connectivity index (χ0n) is 19.1. The number of piperidine rings is 1. The number of aromatic amines is 1. The van der Waals surface area contributed by atoms with Gasteiger partial charge in [0.2, 0.25) is 5.91 Å². The van der Waals surface area contributed by atoms with E-state index in [2.05, 4.69) is 15.3 Å². The van der Waals surface area contributed by atoms with Gasteiger partial charge >= 0.3 is 6.03 Å². The minimum absolute atomic E-state index is 0.0344. The third-order valence-corrected chi connectivity index (χ3v) is 6.18. The lowest BCUT2D eigenvalue weighted by atomic mass is 9.96. The minimum Gasteiger partial charge on any atom is -0.335 e. The molecule has 1 atom stereocenters. The van der Waals surface area contributed by atoms with Crippen LogP contribution in [-0.2, 0) is 11.3 Å². The molecular weight excluding hydrogens is 454 g/mol. The first kappa shape index (κ1) is 23.8. The van der Waals surface area contributed by atoms with Crippen LogP contribution in [0.5, 0.6) is 0 Å². The molecule has 4 rings (SSSR count). The van der Waals surface area contributed by atoms with Crippen LogP contribution in [0.1, 0.15) is 32.0 Å². The smallest absolute Gasteiger partial charge is 0.321 e. The second-order valence-electron chi connectivity index (χ2n) is 8.52. The van der Waals surface area contributed by atoms with Crippen LogP contribution in [0.25, 0.3) is 10.9 Å². The number of likely N-dealkylation sites (tertiary alicyclic amines) is 1. The van der Waals surface area contributed by atoms with Gasteiger partial charge in [-0.05, 0) is 49.6 Å². The van der Waals surface area contributed by atoms with Crippen LogP contribution in [0.3, 0.4) is 0 Å². The van der Waals surface area contributed by atoms with E-state index >= 15 is 0 Å². The number of hydrogen-bond donors (Lipinski definition) is 2. The van der Waals surface area contributed by atoms with Crippen molar-refractivity contribution >= 4 is 40.1 Å².